The van der Waals surface area contributed by atoms with E-state index in [1.54, 1.807) is 18.3 Å². The fraction of sp³-hybridized carbons (Fsp3) is 0.500. The fourth-order valence-electron chi connectivity index (χ4n) is 2.66. The standard InChI is InChI=1S/C12H13ClN2O/c13-8-5-6-14-9(7-8)12(16)15-10-3-1-2-4-11(10)15/h5-7,10-11H,1-4H2/t10-,11+,15?. The number of hydrogen-bond acceptors (Lipinski definition) is 2. The molecule has 1 aromatic heterocycles. The first-order valence-electron chi connectivity index (χ1n) is 5.71. The number of nitrogens with zero attached hydrogens (tertiary/aromatic N) is 2. The van der Waals surface area contributed by atoms with E-state index in [1.807, 2.05) is 4.90 Å². The highest BCUT2D eigenvalue weighted by atomic mass is 35.5. The molecule has 1 saturated carbocycles. The van der Waals surface area contributed by atoms with E-state index in [-0.39, 0.29) is 5.91 Å². The normalized spacial score (nSPS) is 27.4. The zero-order valence-corrected chi connectivity index (χ0v) is 9.65. The average molecular weight is 237 g/mol. The van der Waals surface area contributed by atoms with Crippen LogP contribution in [0.3, 0.4) is 0 Å². The van der Waals surface area contributed by atoms with Gasteiger partial charge in [-0.25, -0.2) is 0 Å². The Balaban J connectivity index is 1.79. The van der Waals surface area contributed by atoms with Crippen molar-refractivity contribution in [2.24, 2.45) is 0 Å². The van der Waals surface area contributed by atoms with Crippen molar-refractivity contribution < 1.29 is 4.79 Å². The van der Waals surface area contributed by atoms with Crippen LogP contribution in [0.15, 0.2) is 18.3 Å². The van der Waals surface area contributed by atoms with Crippen LogP contribution >= 0.6 is 11.6 Å². The number of rotatable bonds is 1. The van der Waals surface area contributed by atoms with Crippen molar-refractivity contribution in [3.05, 3.63) is 29.0 Å². The molecule has 1 aromatic rings. The Bertz CT molecular complexity index is 423. The molecule has 3 nitrogen and oxygen atoms in total. The highest BCUT2D eigenvalue weighted by molar-refractivity contribution is 6.30. The van der Waals surface area contributed by atoms with E-state index < -0.39 is 0 Å². The van der Waals surface area contributed by atoms with Gasteiger partial charge in [-0.1, -0.05) is 24.4 Å². The molecule has 2 atom stereocenters. The van der Waals surface area contributed by atoms with E-state index in [4.69, 9.17) is 11.6 Å². The molecule has 1 saturated heterocycles. The molecule has 84 valence electrons. The van der Waals surface area contributed by atoms with Crippen LogP contribution in [0.1, 0.15) is 36.2 Å². The number of pyridine rings is 1. The van der Waals surface area contributed by atoms with E-state index in [2.05, 4.69) is 4.98 Å². The summed E-state index contributed by atoms with van der Waals surface area (Å²) in [4.78, 5) is 18.2. The molecule has 1 amide bonds. The molecule has 16 heavy (non-hydrogen) atoms. The summed E-state index contributed by atoms with van der Waals surface area (Å²) in [7, 11) is 0. The SMILES string of the molecule is O=C(c1cc(Cl)ccn1)N1[C@@H]2CCCC[C@@H]21. The van der Waals surface area contributed by atoms with Gasteiger partial charge < -0.3 is 4.90 Å². The third-order valence-corrected chi connectivity index (χ3v) is 3.73. The highest BCUT2D eigenvalue weighted by Crippen LogP contribution is 2.41. The van der Waals surface area contributed by atoms with Crippen LogP contribution in [0.25, 0.3) is 0 Å². The lowest BCUT2D eigenvalue weighted by molar-refractivity contribution is 0.0859. The number of fused-ring (bicyclic) bond motifs is 1. The molecule has 0 aromatic carbocycles. The van der Waals surface area contributed by atoms with E-state index in [9.17, 15) is 4.79 Å². The van der Waals surface area contributed by atoms with Crippen LogP contribution in [0.4, 0.5) is 0 Å². The van der Waals surface area contributed by atoms with Crippen molar-refractivity contribution >= 4 is 17.5 Å². The van der Waals surface area contributed by atoms with Crippen LogP contribution < -0.4 is 0 Å². The predicted molar refractivity (Wildman–Crippen MR) is 61.5 cm³/mol. The Hall–Kier alpha value is -1.09. The second-order valence-corrected chi connectivity index (χ2v) is 4.93. The number of likely N-dealkylation sites (tertiary alicyclic amines) is 1. The number of halogens is 1. The first kappa shape index (κ1) is 10.1. The van der Waals surface area contributed by atoms with Gasteiger partial charge in [0.15, 0.2) is 0 Å². The Morgan fingerprint density at radius 2 is 2.06 bits per heavy atom. The third-order valence-electron chi connectivity index (χ3n) is 3.49. The number of carbonyl (C=O) groups is 1. The summed E-state index contributed by atoms with van der Waals surface area (Å²) in [5.74, 6) is 0.0411. The monoisotopic (exact) mass is 236 g/mol. The molecule has 0 N–H and O–H groups in total. The minimum atomic E-state index is 0.0411. The van der Waals surface area contributed by atoms with Crippen molar-refractivity contribution in [2.75, 3.05) is 0 Å². The van der Waals surface area contributed by atoms with Gasteiger partial charge in [0, 0.05) is 11.2 Å². The van der Waals surface area contributed by atoms with Crippen molar-refractivity contribution in [1.82, 2.24) is 9.88 Å². The van der Waals surface area contributed by atoms with Crippen LogP contribution in [0, 0.1) is 0 Å². The third kappa shape index (κ3) is 1.59. The molecule has 0 radical (unpaired) electrons. The maximum atomic E-state index is 12.1. The van der Waals surface area contributed by atoms with Gasteiger partial charge >= 0.3 is 0 Å². The van der Waals surface area contributed by atoms with E-state index >= 15 is 0 Å². The largest absolute Gasteiger partial charge is 0.327 e. The van der Waals surface area contributed by atoms with Gasteiger partial charge in [0.1, 0.15) is 5.69 Å². The summed E-state index contributed by atoms with van der Waals surface area (Å²) >= 11 is 5.86. The number of aromatic nitrogens is 1. The molecule has 2 heterocycles. The van der Waals surface area contributed by atoms with Gasteiger partial charge in [-0.3, -0.25) is 9.78 Å². The number of carbonyl (C=O) groups excluding carboxylic acids is 1. The molecule has 0 bridgehead atoms. The van der Waals surface area contributed by atoms with Crippen LogP contribution in [-0.4, -0.2) is 27.9 Å². The zero-order chi connectivity index (χ0) is 11.1. The maximum Gasteiger partial charge on any atom is 0.273 e. The first-order chi connectivity index (χ1) is 7.77. The molecular weight excluding hydrogens is 224 g/mol. The molecule has 0 spiro atoms. The second-order valence-electron chi connectivity index (χ2n) is 4.49. The van der Waals surface area contributed by atoms with E-state index in [0.717, 1.165) is 12.8 Å². The van der Waals surface area contributed by atoms with Crippen molar-refractivity contribution in [1.29, 1.82) is 0 Å². The summed E-state index contributed by atoms with van der Waals surface area (Å²) in [6, 6.07) is 4.28. The molecule has 3 rings (SSSR count). The Morgan fingerprint density at radius 3 is 2.69 bits per heavy atom. The Kier molecular flexibility index (Phi) is 2.36. The lowest BCUT2D eigenvalue weighted by Crippen LogP contribution is -2.16. The van der Waals surface area contributed by atoms with Gasteiger partial charge in [-0.2, -0.15) is 0 Å². The van der Waals surface area contributed by atoms with Crippen LogP contribution in [-0.2, 0) is 0 Å². The molecule has 2 fully saturated rings. The number of hydrogen-bond donors (Lipinski definition) is 0. The summed E-state index contributed by atoms with van der Waals surface area (Å²) in [5.41, 5.74) is 0.474. The second kappa shape index (κ2) is 3.74. The summed E-state index contributed by atoms with van der Waals surface area (Å²) < 4.78 is 0. The highest BCUT2D eigenvalue weighted by Gasteiger charge is 2.51. The topological polar surface area (TPSA) is 33.0 Å². The summed E-state index contributed by atoms with van der Waals surface area (Å²) in [5, 5.41) is 0.572. The lowest BCUT2D eigenvalue weighted by Gasteiger charge is -2.02. The van der Waals surface area contributed by atoms with Crippen molar-refractivity contribution in [3.8, 4) is 0 Å². The van der Waals surface area contributed by atoms with Crippen LogP contribution in [0.5, 0.6) is 0 Å². The molecular formula is C12H13ClN2O. The van der Waals surface area contributed by atoms with E-state index in [0.29, 0.717) is 22.8 Å². The van der Waals surface area contributed by atoms with Crippen molar-refractivity contribution in [2.45, 2.75) is 37.8 Å². The zero-order valence-electron chi connectivity index (χ0n) is 8.90. The lowest BCUT2D eigenvalue weighted by atomic mass is 10.0. The Morgan fingerprint density at radius 1 is 1.38 bits per heavy atom. The Labute approximate surface area is 99.4 Å². The quantitative estimate of drug-likeness (QED) is 0.702. The fourth-order valence-corrected chi connectivity index (χ4v) is 2.82. The van der Waals surface area contributed by atoms with Crippen molar-refractivity contribution in [3.63, 3.8) is 0 Å². The first-order valence-corrected chi connectivity index (χ1v) is 6.09. The van der Waals surface area contributed by atoms with Gasteiger partial charge in [0.05, 0.1) is 12.1 Å². The molecule has 0 unspecified atom stereocenters. The van der Waals surface area contributed by atoms with Gasteiger partial charge in [-0.05, 0) is 25.0 Å². The summed E-state index contributed by atoms with van der Waals surface area (Å²) in [6.45, 7) is 0. The minimum Gasteiger partial charge on any atom is -0.327 e. The molecule has 2 aliphatic rings. The molecule has 1 aliphatic heterocycles. The van der Waals surface area contributed by atoms with Gasteiger partial charge in [-0.15, -0.1) is 0 Å². The minimum absolute atomic E-state index is 0.0411. The molecule has 1 aliphatic carbocycles. The van der Waals surface area contributed by atoms with Gasteiger partial charge in [0.25, 0.3) is 5.91 Å². The van der Waals surface area contributed by atoms with Gasteiger partial charge in [0.2, 0.25) is 0 Å². The summed E-state index contributed by atoms with van der Waals surface area (Å²) in [6.07, 6.45) is 6.37. The number of amides is 1. The predicted octanol–water partition coefficient (Wildman–Crippen LogP) is 2.50. The smallest absolute Gasteiger partial charge is 0.273 e. The van der Waals surface area contributed by atoms with E-state index in [1.165, 1.54) is 12.8 Å². The molecule has 4 heteroatoms. The maximum absolute atomic E-state index is 12.1. The van der Waals surface area contributed by atoms with Crippen LogP contribution in [0.2, 0.25) is 5.02 Å². The average Bonchev–Trinajstić information content (AvgIpc) is 3.02.